The molecule has 1 aliphatic heterocycles. The van der Waals surface area contributed by atoms with Crippen LogP contribution in [-0.2, 0) is 4.74 Å². The van der Waals surface area contributed by atoms with Gasteiger partial charge in [-0.15, -0.1) is 0 Å². The van der Waals surface area contributed by atoms with Crippen molar-refractivity contribution in [1.82, 2.24) is 5.32 Å². The summed E-state index contributed by atoms with van der Waals surface area (Å²) in [7, 11) is 0. The number of nitrogens with one attached hydrogen (secondary N) is 1. The Kier molecular flexibility index (Phi) is 4.47. The topological polar surface area (TPSA) is 21.3 Å². The van der Waals surface area contributed by atoms with Crippen molar-refractivity contribution in [3.8, 4) is 0 Å². The largest absolute Gasteiger partial charge is 0.378 e. The van der Waals surface area contributed by atoms with Gasteiger partial charge in [-0.05, 0) is 25.3 Å². The molecular weight excluding hydrogens is 145 g/mol. The highest BCUT2D eigenvalue weighted by Crippen LogP contribution is 2.09. The standard InChI is InChI=1S/C8H16FNO/c9-3-5-11-7-8-2-1-4-10-6-8/h8,10H,1-7H2. The van der Waals surface area contributed by atoms with Gasteiger partial charge in [0, 0.05) is 6.54 Å². The van der Waals surface area contributed by atoms with Gasteiger partial charge in [0.2, 0.25) is 0 Å². The summed E-state index contributed by atoms with van der Waals surface area (Å²) in [5.74, 6) is 0.607. The molecule has 1 atom stereocenters. The summed E-state index contributed by atoms with van der Waals surface area (Å²) in [6.07, 6.45) is 2.45. The number of piperidine rings is 1. The molecule has 1 saturated heterocycles. The zero-order valence-electron chi connectivity index (χ0n) is 6.81. The van der Waals surface area contributed by atoms with Crippen LogP contribution in [-0.4, -0.2) is 33.0 Å². The minimum Gasteiger partial charge on any atom is -0.378 e. The maximum Gasteiger partial charge on any atom is 0.113 e. The maximum atomic E-state index is 11.6. The highest BCUT2D eigenvalue weighted by Gasteiger charge is 2.12. The summed E-state index contributed by atoms with van der Waals surface area (Å²) in [5.41, 5.74) is 0. The van der Waals surface area contributed by atoms with Gasteiger partial charge >= 0.3 is 0 Å². The summed E-state index contributed by atoms with van der Waals surface area (Å²) in [5, 5.41) is 3.29. The molecule has 1 rings (SSSR count). The summed E-state index contributed by atoms with van der Waals surface area (Å²) < 4.78 is 16.7. The molecule has 66 valence electrons. The molecule has 0 aromatic rings. The van der Waals surface area contributed by atoms with Gasteiger partial charge in [0.15, 0.2) is 0 Å². The van der Waals surface area contributed by atoms with Crippen LogP contribution in [0, 0.1) is 5.92 Å². The van der Waals surface area contributed by atoms with Gasteiger partial charge in [0.1, 0.15) is 6.67 Å². The van der Waals surface area contributed by atoms with Gasteiger partial charge in [0.25, 0.3) is 0 Å². The lowest BCUT2D eigenvalue weighted by Gasteiger charge is -2.22. The van der Waals surface area contributed by atoms with Crippen LogP contribution < -0.4 is 5.32 Å². The van der Waals surface area contributed by atoms with Gasteiger partial charge in [0.05, 0.1) is 13.2 Å². The third-order valence-electron chi connectivity index (χ3n) is 1.97. The SMILES string of the molecule is FCCOCC1CCCNC1. The number of hydrogen-bond donors (Lipinski definition) is 1. The predicted molar refractivity (Wildman–Crippen MR) is 42.4 cm³/mol. The highest BCUT2D eigenvalue weighted by molar-refractivity contribution is 4.67. The Labute approximate surface area is 67.1 Å². The van der Waals surface area contributed by atoms with Gasteiger partial charge in [-0.2, -0.15) is 0 Å². The fraction of sp³-hybridized carbons (Fsp3) is 1.00. The summed E-state index contributed by atoms with van der Waals surface area (Å²) in [4.78, 5) is 0. The molecule has 1 aliphatic rings. The number of alkyl halides is 1. The van der Waals surface area contributed by atoms with Crippen LogP contribution in [0.4, 0.5) is 4.39 Å². The molecule has 11 heavy (non-hydrogen) atoms. The first-order chi connectivity index (χ1) is 5.43. The molecule has 0 aliphatic carbocycles. The van der Waals surface area contributed by atoms with Gasteiger partial charge < -0.3 is 10.1 Å². The Balaban J connectivity index is 1.96. The lowest BCUT2D eigenvalue weighted by Crippen LogP contribution is -2.32. The summed E-state index contributed by atoms with van der Waals surface area (Å²) >= 11 is 0. The van der Waals surface area contributed by atoms with Crippen molar-refractivity contribution in [2.75, 3.05) is 33.0 Å². The van der Waals surface area contributed by atoms with Crippen LogP contribution >= 0.6 is 0 Å². The van der Waals surface area contributed by atoms with E-state index in [0.717, 1.165) is 19.7 Å². The molecular formula is C8H16FNO. The third-order valence-corrected chi connectivity index (χ3v) is 1.97. The zero-order chi connectivity index (χ0) is 7.94. The second kappa shape index (κ2) is 5.49. The smallest absolute Gasteiger partial charge is 0.113 e. The van der Waals surface area contributed by atoms with Crippen molar-refractivity contribution in [3.63, 3.8) is 0 Å². The first kappa shape index (κ1) is 8.94. The van der Waals surface area contributed by atoms with Crippen molar-refractivity contribution in [1.29, 1.82) is 0 Å². The average molecular weight is 161 g/mol. The van der Waals surface area contributed by atoms with E-state index in [0.29, 0.717) is 5.92 Å². The van der Waals surface area contributed by atoms with Crippen molar-refractivity contribution in [2.24, 2.45) is 5.92 Å². The van der Waals surface area contributed by atoms with E-state index in [4.69, 9.17) is 4.74 Å². The molecule has 0 radical (unpaired) electrons. The molecule has 0 saturated carbocycles. The fourth-order valence-corrected chi connectivity index (χ4v) is 1.37. The maximum absolute atomic E-state index is 11.6. The predicted octanol–water partition coefficient (Wildman–Crippen LogP) is 0.972. The molecule has 0 aromatic heterocycles. The van der Waals surface area contributed by atoms with Gasteiger partial charge in [-0.1, -0.05) is 0 Å². The monoisotopic (exact) mass is 161 g/mol. The first-order valence-electron chi connectivity index (χ1n) is 4.28. The highest BCUT2D eigenvalue weighted by atomic mass is 19.1. The molecule has 1 fully saturated rings. The fourth-order valence-electron chi connectivity index (χ4n) is 1.37. The Morgan fingerprint density at radius 2 is 2.45 bits per heavy atom. The zero-order valence-corrected chi connectivity index (χ0v) is 6.81. The molecule has 0 bridgehead atoms. The van der Waals surface area contributed by atoms with Crippen molar-refractivity contribution in [2.45, 2.75) is 12.8 Å². The molecule has 0 spiro atoms. The second-order valence-electron chi connectivity index (χ2n) is 2.98. The van der Waals surface area contributed by atoms with E-state index in [1.165, 1.54) is 12.8 Å². The van der Waals surface area contributed by atoms with Crippen molar-refractivity contribution < 1.29 is 9.13 Å². The number of hydrogen-bond acceptors (Lipinski definition) is 2. The molecule has 0 amide bonds. The minimum atomic E-state index is -0.361. The second-order valence-corrected chi connectivity index (χ2v) is 2.98. The van der Waals surface area contributed by atoms with Crippen molar-refractivity contribution in [3.05, 3.63) is 0 Å². The Hall–Kier alpha value is -0.150. The van der Waals surface area contributed by atoms with Gasteiger partial charge in [-0.25, -0.2) is 4.39 Å². The van der Waals surface area contributed by atoms with Crippen LogP contribution in [0.5, 0.6) is 0 Å². The van der Waals surface area contributed by atoms with E-state index >= 15 is 0 Å². The molecule has 1 unspecified atom stereocenters. The normalized spacial score (nSPS) is 25.4. The van der Waals surface area contributed by atoms with Crippen LogP contribution in [0.1, 0.15) is 12.8 Å². The molecule has 3 heteroatoms. The first-order valence-corrected chi connectivity index (χ1v) is 4.28. The Bertz CT molecular complexity index is 94.1. The van der Waals surface area contributed by atoms with Crippen LogP contribution in [0.3, 0.4) is 0 Å². The van der Waals surface area contributed by atoms with E-state index in [-0.39, 0.29) is 13.3 Å². The number of ether oxygens (including phenoxy) is 1. The van der Waals surface area contributed by atoms with E-state index in [9.17, 15) is 4.39 Å². The molecule has 2 nitrogen and oxygen atoms in total. The quantitative estimate of drug-likeness (QED) is 0.620. The Morgan fingerprint density at radius 3 is 3.09 bits per heavy atom. The van der Waals surface area contributed by atoms with E-state index in [2.05, 4.69) is 5.32 Å². The van der Waals surface area contributed by atoms with E-state index in [1.807, 2.05) is 0 Å². The van der Waals surface area contributed by atoms with E-state index in [1.54, 1.807) is 0 Å². The number of halogens is 1. The van der Waals surface area contributed by atoms with Crippen LogP contribution in [0.15, 0.2) is 0 Å². The Morgan fingerprint density at radius 1 is 1.55 bits per heavy atom. The molecule has 0 aromatic carbocycles. The van der Waals surface area contributed by atoms with Crippen LogP contribution in [0.25, 0.3) is 0 Å². The third kappa shape index (κ3) is 3.68. The van der Waals surface area contributed by atoms with Crippen LogP contribution in [0.2, 0.25) is 0 Å². The van der Waals surface area contributed by atoms with Crippen molar-refractivity contribution >= 4 is 0 Å². The summed E-state index contributed by atoms with van der Waals surface area (Å²) in [6, 6.07) is 0. The lowest BCUT2D eigenvalue weighted by molar-refractivity contribution is 0.0798. The van der Waals surface area contributed by atoms with E-state index < -0.39 is 0 Å². The average Bonchev–Trinajstić information content (AvgIpc) is 2.07. The summed E-state index contributed by atoms with van der Waals surface area (Å²) in [6.45, 7) is 2.78. The lowest BCUT2D eigenvalue weighted by atomic mass is 10.0. The minimum absolute atomic E-state index is 0.260. The number of rotatable bonds is 4. The van der Waals surface area contributed by atoms with Gasteiger partial charge in [-0.3, -0.25) is 0 Å². The molecule has 1 N–H and O–H groups in total. The molecule has 1 heterocycles.